The van der Waals surface area contributed by atoms with Gasteiger partial charge in [0.15, 0.2) is 0 Å². The number of benzene rings is 3. The van der Waals surface area contributed by atoms with Gasteiger partial charge >= 0.3 is 5.76 Å². The molecular formula is C23H22ClN3O5S. The van der Waals surface area contributed by atoms with E-state index in [0.29, 0.717) is 5.02 Å². The first-order chi connectivity index (χ1) is 15.7. The summed E-state index contributed by atoms with van der Waals surface area (Å²) < 4.78 is 39.9. The number of ether oxygens (including phenoxy) is 1. The predicted octanol–water partition coefficient (Wildman–Crippen LogP) is 4.31. The van der Waals surface area contributed by atoms with Crippen molar-refractivity contribution >= 4 is 32.4 Å². The topological polar surface area (TPSA) is 114 Å². The quantitative estimate of drug-likeness (QED) is 0.401. The van der Waals surface area contributed by atoms with E-state index < -0.39 is 27.7 Å². The number of nitrogens with zero attached hydrogens (tertiary/aromatic N) is 1. The Morgan fingerprint density at radius 3 is 2.61 bits per heavy atom. The molecule has 10 heteroatoms. The van der Waals surface area contributed by atoms with Crippen LogP contribution in [0.4, 0.5) is 0 Å². The van der Waals surface area contributed by atoms with Gasteiger partial charge in [0.1, 0.15) is 16.7 Å². The van der Waals surface area contributed by atoms with Crippen LogP contribution in [0.3, 0.4) is 0 Å². The summed E-state index contributed by atoms with van der Waals surface area (Å²) in [5.41, 5.74) is 1.88. The van der Waals surface area contributed by atoms with Crippen LogP contribution in [0.15, 0.2) is 68.7 Å². The summed E-state index contributed by atoms with van der Waals surface area (Å²) in [7, 11) is -2.77. The fraction of sp³-hybridized carbons (Fsp3) is 0.217. The summed E-state index contributed by atoms with van der Waals surface area (Å²) in [4.78, 5) is 11.6. The lowest BCUT2D eigenvalue weighted by Gasteiger charge is -2.25. The molecular weight excluding hydrogens is 466 g/mol. The molecule has 0 aliphatic rings. The van der Waals surface area contributed by atoms with Gasteiger partial charge in [-0.25, -0.2) is 18.3 Å². The Morgan fingerprint density at radius 1 is 1.15 bits per heavy atom. The normalized spacial score (nSPS) is 13.7. The highest BCUT2D eigenvalue weighted by molar-refractivity contribution is 7.89. The molecule has 0 radical (unpaired) electrons. The van der Waals surface area contributed by atoms with Crippen molar-refractivity contribution in [1.82, 2.24) is 14.9 Å². The highest BCUT2D eigenvalue weighted by Crippen LogP contribution is 2.38. The zero-order valence-corrected chi connectivity index (χ0v) is 19.7. The molecule has 8 nitrogen and oxygen atoms in total. The number of H-pyrrole nitrogens is 1. The summed E-state index contributed by atoms with van der Waals surface area (Å²) >= 11 is 5.99. The second-order valence-electron chi connectivity index (χ2n) is 7.65. The van der Waals surface area contributed by atoms with E-state index in [1.54, 1.807) is 0 Å². The van der Waals surface area contributed by atoms with Crippen molar-refractivity contribution < 1.29 is 17.6 Å². The monoisotopic (exact) mass is 487 g/mol. The van der Waals surface area contributed by atoms with Crippen LogP contribution in [-0.4, -0.2) is 25.7 Å². The number of fused-ring (bicyclic) bond motifs is 1. The summed E-state index contributed by atoms with van der Waals surface area (Å²) in [5, 5.41) is 8.45. The summed E-state index contributed by atoms with van der Waals surface area (Å²) in [6.07, 6.45) is 0. The number of nitrogens with one attached hydrogen (secondary N) is 2. The van der Waals surface area contributed by atoms with Crippen LogP contribution in [0.25, 0.3) is 10.8 Å². The number of halogens is 1. The average molecular weight is 488 g/mol. The Morgan fingerprint density at radius 2 is 1.91 bits per heavy atom. The third-order valence-corrected chi connectivity index (χ3v) is 7.28. The first kappa shape index (κ1) is 23.0. The fourth-order valence-corrected chi connectivity index (χ4v) is 5.59. The van der Waals surface area contributed by atoms with Crippen molar-refractivity contribution in [3.63, 3.8) is 0 Å². The van der Waals surface area contributed by atoms with Gasteiger partial charge in [0.2, 0.25) is 15.9 Å². The molecule has 4 rings (SSSR count). The van der Waals surface area contributed by atoms with Crippen LogP contribution in [0, 0.1) is 6.92 Å². The van der Waals surface area contributed by atoms with Gasteiger partial charge in [-0.1, -0.05) is 54.9 Å². The van der Waals surface area contributed by atoms with E-state index in [1.807, 2.05) is 50.2 Å². The van der Waals surface area contributed by atoms with Crippen LogP contribution in [0.5, 0.6) is 5.75 Å². The molecule has 0 saturated carbocycles. The second kappa shape index (κ2) is 9.01. The van der Waals surface area contributed by atoms with Gasteiger partial charge in [-0.15, -0.1) is 5.10 Å². The Hall–Kier alpha value is -3.14. The van der Waals surface area contributed by atoms with Crippen molar-refractivity contribution in [3.05, 3.63) is 87.2 Å². The lowest BCUT2D eigenvalue weighted by atomic mass is 9.86. The lowest BCUT2D eigenvalue weighted by molar-refractivity contribution is 0.379. The van der Waals surface area contributed by atoms with Crippen LogP contribution >= 0.6 is 11.6 Å². The first-order valence-corrected chi connectivity index (χ1v) is 12.0. The summed E-state index contributed by atoms with van der Waals surface area (Å²) in [5.74, 6) is -1.21. The van der Waals surface area contributed by atoms with Crippen molar-refractivity contribution in [2.45, 2.75) is 30.7 Å². The van der Waals surface area contributed by atoms with E-state index in [0.717, 1.165) is 21.9 Å². The predicted molar refractivity (Wildman–Crippen MR) is 125 cm³/mol. The van der Waals surface area contributed by atoms with Gasteiger partial charge in [-0.3, -0.25) is 0 Å². The van der Waals surface area contributed by atoms with E-state index in [-0.39, 0.29) is 16.5 Å². The molecule has 2 N–H and O–H groups in total. The van der Waals surface area contributed by atoms with Gasteiger partial charge in [0.25, 0.3) is 0 Å². The van der Waals surface area contributed by atoms with Gasteiger partial charge in [0.05, 0.1) is 7.11 Å². The zero-order chi connectivity index (χ0) is 23.8. The second-order valence-corrected chi connectivity index (χ2v) is 9.77. The van der Waals surface area contributed by atoms with Crippen LogP contribution in [-0.2, 0) is 10.0 Å². The molecule has 0 amide bonds. The summed E-state index contributed by atoms with van der Waals surface area (Å²) in [6.45, 7) is 3.81. The van der Waals surface area contributed by atoms with Gasteiger partial charge < -0.3 is 9.15 Å². The highest BCUT2D eigenvalue weighted by atomic mass is 35.5. The van der Waals surface area contributed by atoms with Crippen molar-refractivity contribution in [3.8, 4) is 5.75 Å². The molecule has 4 aromatic rings. The smallest absolute Gasteiger partial charge is 0.434 e. The number of sulfonamides is 1. The molecule has 1 heterocycles. The number of aromatic nitrogens is 2. The maximum Gasteiger partial charge on any atom is 0.434 e. The van der Waals surface area contributed by atoms with Gasteiger partial charge in [0, 0.05) is 17.0 Å². The largest absolute Gasteiger partial charge is 0.495 e. The molecule has 0 fully saturated rings. The Labute approximate surface area is 195 Å². The van der Waals surface area contributed by atoms with E-state index in [9.17, 15) is 13.2 Å². The minimum Gasteiger partial charge on any atom is -0.495 e. The van der Waals surface area contributed by atoms with Crippen molar-refractivity contribution in [2.75, 3.05) is 7.11 Å². The zero-order valence-electron chi connectivity index (χ0n) is 18.1. The van der Waals surface area contributed by atoms with Crippen LogP contribution < -0.4 is 15.2 Å². The van der Waals surface area contributed by atoms with E-state index in [2.05, 4.69) is 14.9 Å². The molecule has 0 spiro atoms. The maximum atomic E-state index is 13.4. The average Bonchev–Trinajstić information content (AvgIpc) is 3.22. The van der Waals surface area contributed by atoms with Crippen molar-refractivity contribution in [1.29, 1.82) is 0 Å². The van der Waals surface area contributed by atoms with E-state index >= 15 is 0 Å². The Balaban J connectivity index is 1.84. The minimum atomic E-state index is -4.13. The maximum absolute atomic E-state index is 13.4. The standard InChI is InChI=1S/C23H22ClN3O5S/c1-13-8-9-15-6-4-5-7-17(15)20(13)14(2)21(22-25-26-23(28)32-22)27-33(29,30)19-11-10-16(24)12-18(19)31-3/h4-12,14,21,27H,1-3H3,(H,26,28)/t14-,21+/m1/s1. The number of aromatic amines is 1. The molecule has 2 atom stereocenters. The number of hydrogen-bond acceptors (Lipinski definition) is 6. The highest BCUT2D eigenvalue weighted by Gasteiger charge is 2.33. The lowest BCUT2D eigenvalue weighted by Crippen LogP contribution is -2.33. The minimum absolute atomic E-state index is 0.0728. The molecule has 0 unspecified atom stereocenters. The van der Waals surface area contributed by atoms with Crippen LogP contribution in [0.1, 0.15) is 35.9 Å². The molecule has 1 aromatic heterocycles. The van der Waals surface area contributed by atoms with Gasteiger partial charge in [-0.2, -0.15) is 4.72 Å². The Bertz CT molecular complexity index is 1480. The third kappa shape index (κ3) is 4.52. The summed E-state index contributed by atoms with van der Waals surface area (Å²) in [6, 6.07) is 15.0. The molecule has 172 valence electrons. The molecule has 3 aromatic carbocycles. The Kier molecular flexibility index (Phi) is 6.29. The van der Waals surface area contributed by atoms with Crippen molar-refractivity contribution in [2.24, 2.45) is 0 Å². The van der Waals surface area contributed by atoms with E-state index in [4.69, 9.17) is 20.8 Å². The number of methoxy groups -OCH3 is 1. The fourth-order valence-electron chi connectivity index (χ4n) is 4.01. The number of rotatable bonds is 7. The third-order valence-electron chi connectivity index (χ3n) is 5.56. The van der Waals surface area contributed by atoms with Crippen LogP contribution in [0.2, 0.25) is 5.02 Å². The number of hydrogen-bond donors (Lipinski definition) is 2. The SMILES string of the molecule is COc1cc(Cl)ccc1S(=O)(=O)N[C@H](c1n[nH]c(=O)o1)[C@H](C)c1c(C)ccc2ccccc12. The molecule has 0 aliphatic carbocycles. The molecule has 0 aliphatic heterocycles. The van der Waals surface area contributed by atoms with Gasteiger partial charge in [-0.05, 0) is 41.0 Å². The first-order valence-electron chi connectivity index (χ1n) is 10.1. The number of aryl methyl sites for hydroxylation is 1. The van der Waals surface area contributed by atoms with E-state index in [1.165, 1.54) is 25.3 Å². The molecule has 0 bridgehead atoms. The molecule has 33 heavy (non-hydrogen) atoms. The molecule has 0 saturated heterocycles.